The monoisotopic (exact) mass is 492 g/mol. The SMILES string of the molecule is O=c1nc2n(c3cccc(Br)c13)-c1cnc(C3CCNCC3)cc1C2CCC1CCCC1. The summed E-state index contributed by atoms with van der Waals surface area (Å²) in [5, 5.41) is 4.12. The molecule has 1 saturated carbocycles. The van der Waals surface area contributed by atoms with Gasteiger partial charge in [-0.3, -0.25) is 14.3 Å². The van der Waals surface area contributed by atoms with Crippen LogP contribution in [0, 0.1) is 5.92 Å². The molecule has 1 atom stereocenters. The number of aromatic nitrogens is 3. The average Bonchev–Trinajstić information content (AvgIpc) is 3.44. The maximum atomic E-state index is 13.1. The molecule has 1 unspecified atom stereocenters. The Kier molecular flexibility index (Phi) is 5.38. The first-order chi connectivity index (χ1) is 15.7. The Morgan fingerprint density at radius 1 is 1.09 bits per heavy atom. The third-order valence-corrected chi connectivity index (χ3v) is 8.51. The molecule has 4 heterocycles. The van der Waals surface area contributed by atoms with Crippen LogP contribution in [0.25, 0.3) is 16.6 Å². The van der Waals surface area contributed by atoms with Gasteiger partial charge in [0.1, 0.15) is 5.82 Å². The number of hydrogen-bond acceptors (Lipinski definition) is 4. The summed E-state index contributed by atoms with van der Waals surface area (Å²) in [6.07, 6.45) is 12.0. The highest BCUT2D eigenvalue weighted by molar-refractivity contribution is 9.10. The first-order valence-electron chi connectivity index (χ1n) is 12.1. The maximum Gasteiger partial charge on any atom is 0.281 e. The molecule has 0 radical (unpaired) electrons. The van der Waals surface area contributed by atoms with Crippen molar-refractivity contribution in [2.75, 3.05) is 13.1 Å². The highest BCUT2D eigenvalue weighted by Gasteiger charge is 2.34. The molecule has 2 aromatic heterocycles. The number of halogens is 1. The van der Waals surface area contributed by atoms with E-state index in [1.54, 1.807) is 0 Å². The van der Waals surface area contributed by atoms with E-state index < -0.39 is 0 Å². The van der Waals surface area contributed by atoms with Crippen LogP contribution in [-0.2, 0) is 0 Å². The van der Waals surface area contributed by atoms with E-state index in [1.165, 1.54) is 43.4 Å². The fraction of sp³-hybridized carbons (Fsp3) is 0.500. The van der Waals surface area contributed by atoms with Crippen LogP contribution in [-0.4, -0.2) is 27.6 Å². The molecule has 0 spiro atoms. The van der Waals surface area contributed by atoms with Crippen LogP contribution in [0.5, 0.6) is 0 Å². The van der Waals surface area contributed by atoms with E-state index in [2.05, 4.69) is 36.9 Å². The molecule has 3 aliphatic rings. The van der Waals surface area contributed by atoms with Gasteiger partial charge in [0.25, 0.3) is 5.56 Å². The van der Waals surface area contributed by atoms with Crippen molar-refractivity contribution in [3.05, 3.63) is 62.4 Å². The van der Waals surface area contributed by atoms with Gasteiger partial charge in [-0.05, 0) is 84.4 Å². The van der Waals surface area contributed by atoms with E-state index >= 15 is 0 Å². The fourth-order valence-corrected chi connectivity index (χ4v) is 6.67. The Balaban J connectivity index is 1.49. The summed E-state index contributed by atoms with van der Waals surface area (Å²) in [5.74, 6) is 2.40. The number of pyridine rings is 1. The number of nitrogens with zero attached hydrogens (tertiary/aromatic N) is 3. The summed E-state index contributed by atoms with van der Waals surface area (Å²) < 4.78 is 3.01. The van der Waals surface area contributed by atoms with E-state index in [4.69, 9.17) is 4.98 Å². The van der Waals surface area contributed by atoms with Gasteiger partial charge in [-0.15, -0.1) is 0 Å². The normalized spacial score (nSPS) is 21.2. The second-order valence-corrected chi connectivity index (χ2v) is 10.6. The molecule has 0 amide bonds. The van der Waals surface area contributed by atoms with E-state index in [1.807, 2.05) is 24.4 Å². The van der Waals surface area contributed by atoms with Crippen LogP contribution in [0.3, 0.4) is 0 Å². The Bertz CT molecular complexity index is 1220. The van der Waals surface area contributed by atoms with E-state index in [0.717, 1.165) is 59.8 Å². The Hall–Kier alpha value is -2.05. The summed E-state index contributed by atoms with van der Waals surface area (Å²) in [6, 6.07) is 8.30. The third kappa shape index (κ3) is 3.43. The van der Waals surface area contributed by atoms with Gasteiger partial charge in [-0.25, -0.2) is 0 Å². The molecule has 1 aliphatic carbocycles. The Labute approximate surface area is 196 Å². The molecule has 2 aliphatic heterocycles. The molecule has 3 aromatic rings. The quantitative estimate of drug-likeness (QED) is 0.527. The predicted molar refractivity (Wildman–Crippen MR) is 131 cm³/mol. The molecule has 2 fully saturated rings. The number of hydrogen-bond donors (Lipinski definition) is 1. The first-order valence-corrected chi connectivity index (χ1v) is 12.9. The number of rotatable bonds is 4. The number of fused-ring (bicyclic) bond motifs is 5. The molecule has 32 heavy (non-hydrogen) atoms. The van der Waals surface area contributed by atoms with Gasteiger partial charge in [0.05, 0.1) is 22.8 Å². The fourth-order valence-electron chi connectivity index (χ4n) is 6.14. The zero-order chi connectivity index (χ0) is 21.7. The van der Waals surface area contributed by atoms with Gasteiger partial charge in [-0.2, -0.15) is 4.98 Å². The van der Waals surface area contributed by atoms with Crippen LogP contribution >= 0.6 is 15.9 Å². The van der Waals surface area contributed by atoms with Crippen molar-refractivity contribution >= 4 is 26.8 Å². The van der Waals surface area contributed by atoms with Crippen LogP contribution in [0.1, 0.15) is 80.3 Å². The predicted octanol–water partition coefficient (Wildman–Crippen LogP) is 5.43. The minimum Gasteiger partial charge on any atom is -0.317 e. The maximum absolute atomic E-state index is 13.1. The van der Waals surface area contributed by atoms with Crippen LogP contribution in [0.2, 0.25) is 0 Å². The smallest absolute Gasteiger partial charge is 0.281 e. The van der Waals surface area contributed by atoms with Gasteiger partial charge in [0, 0.05) is 22.0 Å². The minimum absolute atomic E-state index is 0.135. The lowest BCUT2D eigenvalue weighted by atomic mass is 9.88. The summed E-state index contributed by atoms with van der Waals surface area (Å²) in [7, 11) is 0. The van der Waals surface area contributed by atoms with Gasteiger partial charge in [0.15, 0.2) is 0 Å². The summed E-state index contributed by atoms with van der Waals surface area (Å²) in [5.41, 5.74) is 4.41. The third-order valence-electron chi connectivity index (χ3n) is 7.85. The number of piperidine rings is 1. The van der Waals surface area contributed by atoms with Crippen molar-refractivity contribution in [2.24, 2.45) is 5.92 Å². The molecule has 1 N–H and O–H groups in total. The van der Waals surface area contributed by atoms with Gasteiger partial charge < -0.3 is 5.32 Å². The van der Waals surface area contributed by atoms with Gasteiger partial charge >= 0.3 is 0 Å². The molecule has 166 valence electrons. The van der Waals surface area contributed by atoms with Gasteiger partial charge in [0.2, 0.25) is 0 Å². The highest BCUT2D eigenvalue weighted by atomic mass is 79.9. The summed E-state index contributed by atoms with van der Waals surface area (Å²) >= 11 is 3.58. The van der Waals surface area contributed by atoms with Crippen LogP contribution in [0.4, 0.5) is 0 Å². The Morgan fingerprint density at radius 2 is 1.91 bits per heavy atom. The molecular weight excluding hydrogens is 464 g/mol. The molecule has 1 aromatic carbocycles. The second-order valence-electron chi connectivity index (χ2n) is 9.72. The molecule has 1 saturated heterocycles. The number of benzene rings is 1. The largest absolute Gasteiger partial charge is 0.317 e. The van der Waals surface area contributed by atoms with Crippen molar-refractivity contribution in [3.8, 4) is 5.69 Å². The Morgan fingerprint density at radius 3 is 2.72 bits per heavy atom. The van der Waals surface area contributed by atoms with E-state index in [9.17, 15) is 4.79 Å². The molecular formula is C26H29BrN4O. The highest BCUT2D eigenvalue weighted by Crippen LogP contribution is 2.44. The lowest BCUT2D eigenvalue weighted by Gasteiger charge is -2.23. The zero-order valence-electron chi connectivity index (χ0n) is 18.3. The lowest BCUT2D eigenvalue weighted by Crippen LogP contribution is -2.27. The molecule has 6 rings (SSSR count). The first kappa shape index (κ1) is 20.5. The van der Waals surface area contributed by atoms with Crippen molar-refractivity contribution in [1.82, 2.24) is 19.9 Å². The lowest BCUT2D eigenvalue weighted by molar-refractivity contribution is 0.451. The van der Waals surface area contributed by atoms with Crippen molar-refractivity contribution in [1.29, 1.82) is 0 Å². The van der Waals surface area contributed by atoms with Crippen molar-refractivity contribution < 1.29 is 0 Å². The zero-order valence-corrected chi connectivity index (χ0v) is 19.9. The van der Waals surface area contributed by atoms with Crippen LogP contribution < -0.4 is 10.9 Å². The minimum atomic E-state index is -0.135. The molecule has 5 nitrogen and oxygen atoms in total. The summed E-state index contributed by atoms with van der Waals surface area (Å²) in [6.45, 7) is 2.12. The second kappa shape index (κ2) is 8.38. The molecule has 6 heteroatoms. The number of nitrogens with one attached hydrogen (secondary N) is 1. The molecule has 0 bridgehead atoms. The summed E-state index contributed by atoms with van der Waals surface area (Å²) in [4.78, 5) is 22.6. The average molecular weight is 493 g/mol. The van der Waals surface area contributed by atoms with Crippen LogP contribution in [0.15, 0.2) is 39.7 Å². The van der Waals surface area contributed by atoms with E-state index in [-0.39, 0.29) is 11.5 Å². The van der Waals surface area contributed by atoms with E-state index in [0.29, 0.717) is 11.3 Å². The van der Waals surface area contributed by atoms with Crippen molar-refractivity contribution in [2.45, 2.75) is 63.2 Å². The standard InChI is InChI=1S/C26H29BrN4O/c27-20-6-3-7-22-24(20)26(32)30-25-18(9-8-16-4-1-2-5-16)19-14-21(17-10-12-28-13-11-17)29-15-23(19)31(22)25/h3,6-7,14-18,28H,1-2,4-5,8-13H2. The van der Waals surface area contributed by atoms with Gasteiger partial charge in [-0.1, -0.05) is 31.7 Å². The topological polar surface area (TPSA) is 59.8 Å². The van der Waals surface area contributed by atoms with Crippen molar-refractivity contribution in [3.63, 3.8) is 0 Å².